The minimum Gasteiger partial charge on any atom is -0.481 e. The lowest BCUT2D eigenvalue weighted by atomic mass is 10.0. The Hall–Kier alpha value is -2.67. The van der Waals surface area contributed by atoms with Crippen molar-refractivity contribution in [2.24, 2.45) is 5.10 Å². The molecule has 3 rings (SSSR count). The first kappa shape index (κ1) is 18.1. The zero-order valence-corrected chi connectivity index (χ0v) is 15.6. The van der Waals surface area contributed by atoms with Crippen LogP contribution in [-0.4, -0.2) is 41.8 Å². The van der Waals surface area contributed by atoms with Gasteiger partial charge in [0, 0.05) is 37.5 Å². The van der Waals surface area contributed by atoms with Crippen LogP contribution in [0.4, 0.5) is 5.69 Å². The van der Waals surface area contributed by atoms with Gasteiger partial charge in [0.15, 0.2) is 0 Å². The summed E-state index contributed by atoms with van der Waals surface area (Å²) >= 11 is 1.58. The van der Waals surface area contributed by atoms with Crippen molar-refractivity contribution in [2.45, 2.75) is 25.3 Å². The summed E-state index contributed by atoms with van der Waals surface area (Å²) in [4.78, 5) is 26.4. The molecule has 1 amide bonds. The van der Waals surface area contributed by atoms with Crippen molar-refractivity contribution in [3.8, 4) is 0 Å². The van der Waals surface area contributed by atoms with Crippen LogP contribution < -0.4 is 4.90 Å². The van der Waals surface area contributed by atoms with Crippen molar-refractivity contribution >= 4 is 34.6 Å². The van der Waals surface area contributed by atoms with Gasteiger partial charge in [-0.05, 0) is 29.1 Å². The van der Waals surface area contributed by atoms with Crippen LogP contribution in [0, 0.1) is 0 Å². The molecular weight excluding hydrogens is 350 g/mol. The molecule has 2 aromatic rings. The molecule has 1 aromatic carbocycles. The smallest absolute Gasteiger partial charge is 0.303 e. The van der Waals surface area contributed by atoms with Crippen molar-refractivity contribution in [1.29, 1.82) is 0 Å². The topological polar surface area (TPSA) is 73.2 Å². The Morgan fingerprint density at radius 3 is 2.54 bits per heavy atom. The molecule has 6 nitrogen and oxygen atoms in total. The van der Waals surface area contributed by atoms with Crippen LogP contribution in [-0.2, 0) is 9.59 Å². The average Bonchev–Trinajstić information content (AvgIpc) is 3.29. The fourth-order valence-electron chi connectivity index (χ4n) is 2.90. The van der Waals surface area contributed by atoms with Crippen molar-refractivity contribution in [3.63, 3.8) is 0 Å². The summed E-state index contributed by atoms with van der Waals surface area (Å²) in [5.41, 5.74) is 2.92. The molecule has 1 N–H and O–H groups in total. The molecular formula is C19H21N3O3S. The molecule has 1 atom stereocenters. The molecule has 1 aromatic heterocycles. The second kappa shape index (κ2) is 7.70. The van der Waals surface area contributed by atoms with Crippen LogP contribution in [0.15, 0.2) is 46.9 Å². The summed E-state index contributed by atoms with van der Waals surface area (Å²) in [6.07, 6.45) is 0.392. The number of carbonyl (C=O) groups is 2. The fraction of sp³-hybridized carbons (Fsp3) is 0.316. The first-order valence-electron chi connectivity index (χ1n) is 8.38. The average molecular weight is 371 g/mol. The Morgan fingerprint density at radius 1 is 1.23 bits per heavy atom. The number of carboxylic acids is 1. The number of hydrogen-bond acceptors (Lipinski definition) is 5. The van der Waals surface area contributed by atoms with Crippen LogP contribution >= 0.6 is 11.3 Å². The van der Waals surface area contributed by atoms with Crippen LogP contribution in [0.3, 0.4) is 0 Å². The van der Waals surface area contributed by atoms with Crippen molar-refractivity contribution < 1.29 is 14.7 Å². The molecule has 0 aliphatic carbocycles. The van der Waals surface area contributed by atoms with Gasteiger partial charge in [0.25, 0.3) is 0 Å². The van der Waals surface area contributed by atoms with E-state index in [1.54, 1.807) is 11.3 Å². The van der Waals surface area contributed by atoms with Crippen molar-refractivity contribution in [1.82, 2.24) is 5.01 Å². The maximum absolute atomic E-state index is 12.5. The number of amides is 1. The fourth-order valence-corrected chi connectivity index (χ4v) is 3.71. The number of thiophene rings is 1. The molecule has 1 aliphatic heterocycles. The molecule has 1 aliphatic rings. The molecule has 0 fully saturated rings. The van der Waals surface area contributed by atoms with Gasteiger partial charge in [-0.3, -0.25) is 9.59 Å². The number of aliphatic carboxylic acids is 1. The summed E-state index contributed by atoms with van der Waals surface area (Å²) in [7, 11) is 3.97. The number of carbonyl (C=O) groups excluding carboxylic acids is 1. The lowest BCUT2D eigenvalue weighted by molar-refractivity contribution is -0.141. The van der Waals surface area contributed by atoms with Gasteiger partial charge in [-0.15, -0.1) is 11.3 Å². The highest BCUT2D eigenvalue weighted by Crippen LogP contribution is 2.35. The number of rotatable bonds is 6. The largest absolute Gasteiger partial charge is 0.481 e. The maximum atomic E-state index is 12.5. The lowest BCUT2D eigenvalue weighted by Crippen LogP contribution is -2.26. The Labute approximate surface area is 156 Å². The van der Waals surface area contributed by atoms with E-state index in [1.165, 1.54) is 5.01 Å². The predicted octanol–water partition coefficient (Wildman–Crippen LogP) is 3.36. The number of hydrogen-bond donors (Lipinski definition) is 1. The summed E-state index contributed by atoms with van der Waals surface area (Å²) in [6, 6.07) is 11.8. The van der Waals surface area contributed by atoms with Gasteiger partial charge >= 0.3 is 5.97 Å². The minimum absolute atomic E-state index is 0.0481. The lowest BCUT2D eigenvalue weighted by Gasteiger charge is -2.20. The first-order chi connectivity index (χ1) is 12.5. The highest BCUT2D eigenvalue weighted by Gasteiger charge is 2.33. The van der Waals surface area contributed by atoms with Gasteiger partial charge in [0.1, 0.15) is 0 Å². The molecule has 0 saturated heterocycles. The summed E-state index contributed by atoms with van der Waals surface area (Å²) in [5, 5.41) is 16.8. The molecule has 0 saturated carbocycles. The third-order valence-electron chi connectivity index (χ3n) is 4.31. The van der Waals surface area contributed by atoms with E-state index >= 15 is 0 Å². The van der Waals surface area contributed by atoms with Crippen LogP contribution in [0.1, 0.15) is 35.7 Å². The number of nitrogens with zero attached hydrogens (tertiary/aromatic N) is 3. The maximum Gasteiger partial charge on any atom is 0.303 e. The van der Waals surface area contributed by atoms with Gasteiger partial charge < -0.3 is 10.0 Å². The van der Waals surface area contributed by atoms with E-state index in [1.807, 2.05) is 60.8 Å². The zero-order chi connectivity index (χ0) is 18.7. The second-order valence-electron chi connectivity index (χ2n) is 6.36. The molecule has 0 radical (unpaired) electrons. The minimum atomic E-state index is -0.978. The summed E-state index contributed by atoms with van der Waals surface area (Å²) < 4.78 is 0. The van der Waals surface area contributed by atoms with E-state index in [0.29, 0.717) is 6.42 Å². The van der Waals surface area contributed by atoms with Gasteiger partial charge in [-0.2, -0.15) is 5.10 Å². The van der Waals surface area contributed by atoms with E-state index in [-0.39, 0.29) is 24.8 Å². The first-order valence-corrected chi connectivity index (χ1v) is 9.26. The van der Waals surface area contributed by atoms with E-state index in [9.17, 15) is 9.59 Å². The summed E-state index contributed by atoms with van der Waals surface area (Å²) in [6.45, 7) is 0. The molecule has 0 bridgehead atoms. The number of benzene rings is 1. The van der Waals surface area contributed by atoms with Gasteiger partial charge in [0.2, 0.25) is 5.91 Å². The molecule has 136 valence electrons. The van der Waals surface area contributed by atoms with E-state index in [0.717, 1.165) is 21.8 Å². The van der Waals surface area contributed by atoms with E-state index in [4.69, 9.17) is 5.11 Å². The number of anilines is 1. The molecule has 0 unspecified atom stereocenters. The number of hydrazone groups is 1. The SMILES string of the molecule is CN(C)c1ccc(C2=NN(C(=O)CCC(=O)O)[C@@H](c3cccs3)C2)cc1. The van der Waals surface area contributed by atoms with Crippen LogP contribution in [0.2, 0.25) is 0 Å². The zero-order valence-electron chi connectivity index (χ0n) is 14.8. The normalized spacial score (nSPS) is 16.5. The highest BCUT2D eigenvalue weighted by molar-refractivity contribution is 7.10. The van der Waals surface area contributed by atoms with Crippen molar-refractivity contribution in [2.75, 3.05) is 19.0 Å². The molecule has 7 heteroatoms. The molecule has 0 spiro atoms. The monoisotopic (exact) mass is 371 g/mol. The van der Waals surface area contributed by atoms with Gasteiger partial charge in [-0.25, -0.2) is 5.01 Å². The standard InChI is InChI=1S/C19H21N3O3S/c1-21(2)14-7-5-13(6-8-14)15-12-16(17-4-3-11-26-17)22(20-15)18(23)9-10-19(24)25/h3-8,11,16H,9-10,12H2,1-2H3,(H,24,25)/t16-/m1/s1. The highest BCUT2D eigenvalue weighted by atomic mass is 32.1. The van der Waals surface area contributed by atoms with E-state index in [2.05, 4.69) is 5.10 Å². The Kier molecular flexibility index (Phi) is 5.37. The Balaban J connectivity index is 1.85. The third kappa shape index (κ3) is 3.94. The van der Waals surface area contributed by atoms with Gasteiger partial charge in [0.05, 0.1) is 18.2 Å². The predicted molar refractivity (Wildman–Crippen MR) is 103 cm³/mol. The number of carboxylic acid groups (broad SMARTS) is 1. The Bertz CT molecular complexity index is 813. The van der Waals surface area contributed by atoms with E-state index < -0.39 is 5.97 Å². The summed E-state index contributed by atoms with van der Waals surface area (Å²) in [5.74, 6) is -1.24. The second-order valence-corrected chi connectivity index (χ2v) is 7.33. The van der Waals surface area contributed by atoms with Crippen LogP contribution in [0.5, 0.6) is 0 Å². The quantitative estimate of drug-likeness (QED) is 0.845. The van der Waals surface area contributed by atoms with Crippen molar-refractivity contribution in [3.05, 3.63) is 52.2 Å². The Morgan fingerprint density at radius 2 is 1.96 bits per heavy atom. The van der Waals surface area contributed by atoms with Gasteiger partial charge in [-0.1, -0.05) is 18.2 Å². The van der Waals surface area contributed by atoms with Crippen LogP contribution in [0.25, 0.3) is 0 Å². The third-order valence-corrected chi connectivity index (χ3v) is 5.28. The molecule has 2 heterocycles. The molecule has 26 heavy (non-hydrogen) atoms.